The molecule has 2 fully saturated rings. The summed E-state index contributed by atoms with van der Waals surface area (Å²) in [6.45, 7) is 5.13. The van der Waals surface area contributed by atoms with E-state index in [4.69, 9.17) is 9.47 Å². The first-order chi connectivity index (χ1) is 19.0. The van der Waals surface area contributed by atoms with Gasteiger partial charge in [0.1, 0.15) is 11.6 Å². The minimum Gasteiger partial charge on any atom is -0.493 e. The van der Waals surface area contributed by atoms with E-state index < -0.39 is 11.6 Å². The first-order valence-corrected chi connectivity index (χ1v) is 15.5. The molecule has 0 atom stereocenters. The maximum Gasteiger partial charge on any atom is 0.164 e. The van der Waals surface area contributed by atoms with Crippen LogP contribution < -0.4 is 4.74 Å². The summed E-state index contributed by atoms with van der Waals surface area (Å²) < 4.78 is 56.4. The highest BCUT2D eigenvalue weighted by Crippen LogP contribution is 2.39. The fourth-order valence-corrected chi connectivity index (χ4v) is 6.35. The third-order valence-corrected chi connectivity index (χ3v) is 8.97. The van der Waals surface area contributed by atoms with Gasteiger partial charge in [-0.2, -0.15) is 0 Å². The van der Waals surface area contributed by atoms with Crippen LogP contribution in [0.15, 0.2) is 30.3 Å². The topological polar surface area (TPSA) is 18.5 Å². The number of benzene rings is 2. The Kier molecular flexibility index (Phi) is 11.6. The maximum absolute atomic E-state index is 14.9. The molecule has 4 rings (SSSR count). The SMILES string of the molecule is CCCCCCCCOc1ccc(C2CCC(OCc3ccc(C4CCC(C)CC4)c(F)c3F)CC2)c(F)c1. The summed E-state index contributed by atoms with van der Waals surface area (Å²) in [6.07, 6.45) is 14.3. The Labute approximate surface area is 233 Å². The Hall–Kier alpha value is -2.01. The van der Waals surface area contributed by atoms with E-state index in [0.717, 1.165) is 69.8 Å². The molecule has 216 valence electrons. The van der Waals surface area contributed by atoms with E-state index in [-0.39, 0.29) is 35.9 Å². The number of unbranched alkanes of at least 4 members (excludes halogenated alkanes) is 5. The fourth-order valence-electron chi connectivity index (χ4n) is 6.35. The van der Waals surface area contributed by atoms with Gasteiger partial charge in [0.05, 0.1) is 19.3 Å². The van der Waals surface area contributed by atoms with Crippen LogP contribution in [0.3, 0.4) is 0 Å². The first kappa shape index (κ1) is 30.0. The van der Waals surface area contributed by atoms with Crippen LogP contribution in [0, 0.1) is 23.4 Å². The van der Waals surface area contributed by atoms with Crippen molar-refractivity contribution in [1.82, 2.24) is 0 Å². The minimum absolute atomic E-state index is 0.0220. The standard InChI is InChI=1S/C34H47F3O2/c1-3-4-5-6-7-8-21-38-29-18-20-30(32(35)22-29)25-13-16-28(17-14-25)39-23-27-15-19-31(34(37)33(27)36)26-11-9-24(2)10-12-26/h15,18-20,22,24-26,28H,3-14,16-17,21,23H2,1-2H3. The third kappa shape index (κ3) is 8.49. The smallest absolute Gasteiger partial charge is 0.164 e. The zero-order valence-electron chi connectivity index (χ0n) is 24.0. The molecule has 0 unspecified atom stereocenters. The molecule has 0 aromatic heterocycles. The van der Waals surface area contributed by atoms with Crippen LogP contribution in [0.25, 0.3) is 0 Å². The van der Waals surface area contributed by atoms with E-state index >= 15 is 0 Å². The summed E-state index contributed by atoms with van der Waals surface area (Å²) in [7, 11) is 0. The van der Waals surface area contributed by atoms with Crippen molar-refractivity contribution in [1.29, 1.82) is 0 Å². The van der Waals surface area contributed by atoms with E-state index in [1.807, 2.05) is 12.1 Å². The van der Waals surface area contributed by atoms with Crippen LogP contribution in [0.1, 0.15) is 132 Å². The molecule has 5 heteroatoms. The van der Waals surface area contributed by atoms with Gasteiger partial charge >= 0.3 is 0 Å². The van der Waals surface area contributed by atoms with Crippen LogP contribution in [0.5, 0.6) is 5.75 Å². The summed E-state index contributed by atoms with van der Waals surface area (Å²) in [5, 5.41) is 0. The normalized spacial score (nSPS) is 23.6. The van der Waals surface area contributed by atoms with Crippen LogP contribution in [0.4, 0.5) is 13.2 Å². The van der Waals surface area contributed by atoms with Gasteiger partial charge in [-0.1, -0.05) is 77.0 Å². The molecule has 39 heavy (non-hydrogen) atoms. The van der Waals surface area contributed by atoms with Crippen molar-refractivity contribution in [3.63, 3.8) is 0 Å². The quantitative estimate of drug-likeness (QED) is 0.234. The predicted octanol–water partition coefficient (Wildman–Crippen LogP) is 10.4. The fraction of sp³-hybridized carbons (Fsp3) is 0.647. The second-order valence-electron chi connectivity index (χ2n) is 12.0. The molecule has 2 aromatic carbocycles. The highest BCUT2D eigenvalue weighted by molar-refractivity contribution is 5.32. The van der Waals surface area contributed by atoms with Gasteiger partial charge in [-0.3, -0.25) is 0 Å². The zero-order chi connectivity index (χ0) is 27.6. The summed E-state index contributed by atoms with van der Waals surface area (Å²) >= 11 is 0. The van der Waals surface area contributed by atoms with Crippen molar-refractivity contribution >= 4 is 0 Å². The molecule has 0 bridgehead atoms. The lowest BCUT2D eigenvalue weighted by molar-refractivity contribution is 0.0116. The third-order valence-electron chi connectivity index (χ3n) is 8.97. The molecule has 2 aromatic rings. The molecule has 0 aliphatic heterocycles. The van der Waals surface area contributed by atoms with Crippen molar-refractivity contribution in [2.75, 3.05) is 6.61 Å². The summed E-state index contributed by atoms with van der Waals surface area (Å²) in [5.41, 5.74) is 1.54. The number of hydrogen-bond acceptors (Lipinski definition) is 2. The minimum atomic E-state index is -0.763. The lowest BCUT2D eigenvalue weighted by Crippen LogP contribution is -2.21. The Bertz CT molecular complexity index is 1020. The number of ether oxygens (including phenoxy) is 2. The molecule has 0 saturated heterocycles. The molecule has 0 amide bonds. The van der Waals surface area contributed by atoms with E-state index in [9.17, 15) is 13.2 Å². The molecule has 0 spiro atoms. The molecule has 2 nitrogen and oxygen atoms in total. The van der Waals surface area contributed by atoms with Crippen molar-refractivity contribution in [3.8, 4) is 5.75 Å². The maximum atomic E-state index is 14.9. The predicted molar refractivity (Wildman–Crippen MR) is 152 cm³/mol. The number of hydrogen-bond donors (Lipinski definition) is 0. The molecule has 2 aliphatic carbocycles. The molecule has 2 saturated carbocycles. The van der Waals surface area contributed by atoms with Gasteiger partial charge in [0.25, 0.3) is 0 Å². The monoisotopic (exact) mass is 544 g/mol. The number of halogens is 3. The average Bonchev–Trinajstić information content (AvgIpc) is 2.94. The molecule has 0 N–H and O–H groups in total. The Morgan fingerprint density at radius 1 is 0.718 bits per heavy atom. The molecule has 0 radical (unpaired) electrons. The second-order valence-corrected chi connectivity index (χ2v) is 12.0. The molecule has 2 aliphatic rings. The van der Waals surface area contributed by atoms with Gasteiger partial charge < -0.3 is 9.47 Å². The first-order valence-electron chi connectivity index (χ1n) is 15.5. The lowest BCUT2D eigenvalue weighted by Gasteiger charge is -2.29. The molecular formula is C34H47F3O2. The van der Waals surface area contributed by atoms with Gasteiger partial charge in [-0.05, 0) is 79.9 Å². The van der Waals surface area contributed by atoms with Gasteiger partial charge in [-0.25, -0.2) is 13.2 Å². The van der Waals surface area contributed by atoms with Crippen molar-refractivity contribution in [3.05, 3.63) is 64.5 Å². The van der Waals surface area contributed by atoms with Gasteiger partial charge in [0.2, 0.25) is 0 Å². The number of rotatable bonds is 13. The van der Waals surface area contributed by atoms with E-state index in [1.165, 1.54) is 31.7 Å². The van der Waals surface area contributed by atoms with E-state index in [0.29, 0.717) is 23.8 Å². The summed E-state index contributed by atoms with van der Waals surface area (Å²) in [4.78, 5) is 0. The van der Waals surface area contributed by atoms with Crippen molar-refractivity contribution in [2.45, 2.75) is 128 Å². The van der Waals surface area contributed by atoms with E-state index in [2.05, 4.69) is 13.8 Å². The summed E-state index contributed by atoms with van der Waals surface area (Å²) in [6, 6.07) is 8.72. The van der Waals surface area contributed by atoms with Gasteiger partial charge in [-0.15, -0.1) is 0 Å². The Morgan fingerprint density at radius 2 is 1.36 bits per heavy atom. The lowest BCUT2D eigenvalue weighted by atomic mass is 9.79. The zero-order valence-corrected chi connectivity index (χ0v) is 24.0. The molecule has 0 heterocycles. The van der Waals surface area contributed by atoms with Gasteiger partial charge in [0.15, 0.2) is 11.6 Å². The second kappa shape index (κ2) is 15.1. The van der Waals surface area contributed by atoms with Gasteiger partial charge in [0, 0.05) is 11.6 Å². The highest BCUT2D eigenvalue weighted by Gasteiger charge is 2.27. The molecular weight excluding hydrogens is 497 g/mol. The average molecular weight is 545 g/mol. The highest BCUT2D eigenvalue weighted by atomic mass is 19.2. The van der Waals surface area contributed by atoms with Crippen LogP contribution in [-0.4, -0.2) is 12.7 Å². The Morgan fingerprint density at radius 3 is 2.08 bits per heavy atom. The van der Waals surface area contributed by atoms with Crippen LogP contribution in [0.2, 0.25) is 0 Å². The van der Waals surface area contributed by atoms with Crippen LogP contribution >= 0.6 is 0 Å². The van der Waals surface area contributed by atoms with Crippen molar-refractivity contribution < 1.29 is 22.6 Å². The Balaban J connectivity index is 1.21. The van der Waals surface area contributed by atoms with E-state index in [1.54, 1.807) is 12.1 Å². The largest absolute Gasteiger partial charge is 0.493 e. The van der Waals surface area contributed by atoms with Crippen molar-refractivity contribution in [2.24, 2.45) is 5.92 Å². The van der Waals surface area contributed by atoms with Crippen LogP contribution in [-0.2, 0) is 11.3 Å². The summed E-state index contributed by atoms with van der Waals surface area (Å²) in [5.74, 6) is -0.145.